The molecule has 0 spiro atoms. The smallest absolute Gasteiger partial charge is 0.317 e. The van der Waals surface area contributed by atoms with Crippen LogP contribution >= 0.6 is 0 Å². The third kappa shape index (κ3) is 6.27. The number of hydrogen-bond donors (Lipinski definition) is 6. The summed E-state index contributed by atoms with van der Waals surface area (Å²) >= 11 is 0. The van der Waals surface area contributed by atoms with E-state index in [-0.39, 0.29) is 31.5 Å². The molecule has 0 bridgehead atoms. The van der Waals surface area contributed by atoms with Gasteiger partial charge in [-0.25, -0.2) is 0 Å². The fraction of sp³-hybridized carbons (Fsp3) is 0.412. The van der Waals surface area contributed by atoms with Crippen LogP contribution in [0.2, 0.25) is 0 Å². The Morgan fingerprint density at radius 3 is 2.68 bits per heavy atom. The van der Waals surface area contributed by atoms with Crippen molar-refractivity contribution in [1.82, 2.24) is 9.55 Å². The summed E-state index contributed by atoms with van der Waals surface area (Å²) in [6.45, 7) is -0.161. The van der Waals surface area contributed by atoms with Crippen molar-refractivity contribution in [1.29, 1.82) is 0 Å². The number of aromatic nitrogens is 2. The number of benzene rings is 2. The maximum absolute atomic E-state index is 11.8. The summed E-state index contributed by atoms with van der Waals surface area (Å²) in [5.41, 5.74) is 3.28. The highest BCUT2D eigenvalue weighted by Crippen LogP contribution is 2.57. The molecule has 6 N–H and O–H groups in total. The summed E-state index contributed by atoms with van der Waals surface area (Å²) in [7, 11) is 1.52. The van der Waals surface area contributed by atoms with Crippen molar-refractivity contribution in [3.63, 3.8) is 0 Å². The van der Waals surface area contributed by atoms with Crippen molar-refractivity contribution in [2.75, 3.05) is 33.5 Å². The maximum Gasteiger partial charge on any atom is 0.317 e. The molecule has 7 rings (SSSR count). The summed E-state index contributed by atoms with van der Waals surface area (Å²) in [4.78, 5) is 25.8. The van der Waals surface area contributed by atoms with E-state index >= 15 is 0 Å². The van der Waals surface area contributed by atoms with E-state index in [1.54, 1.807) is 18.2 Å². The number of methoxy groups -OCH3 is 1. The molecule has 1 saturated heterocycles. The number of ether oxygens (including phenoxy) is 7. The number of H-pyrrole nitrogens is 1. The predicted molar refractivity (Wildman–Crippen MR) is 170 cm³/mol. The number of aliphatic hydroxyl groups is 4. The van der Waals surface area contributed by atoms with Gasteiger partial charge in [0.05, 0.1) is 31.8 Å². The van der Waals surface area contributed by atoms with Crippen LogP contribution in [0.15, 0.2) is 48.9 Å². The monoisotopic (exact) mass is 696 g/mol. The van der Waals surface area contributed by atoms with Gasteiger partial charge in [-0.2, -0.15) is 0 Å². The minimum atomic E-state index is -1.74. The fourth-order valence-electron chi connectivity index (χ4n) is 6.63. The zero-order chi connectivity index (χ0) is 35.1. The molecule has 16 heteroatoms. The van der Waals surface area contributed by atoms with Gasteiger partial charge in [0.15, 0.2) is 11.5 Å². The Bertz CT molecular complexity index is 1860. The Kier molecular flexibility index (Phi) is 9.19. The van der Waals surface area contributed by atoms with Crippen LogP contribution in [-0.2, 0) is 25.6 Å². The number of aliphatic hydroxyl groups excluding tert-OH is 4. The topological polar surface area (TPSA) is 221 Å². The SMILES string of the molecule is COc1ccc2c(c1OCCO)O[C@H]1c3c(Cn4cc5cc[nH]c5c4)cc(O[C@@H]4O[C@H](COC(=O)CC(=O)O)[C@@H](O)[C@H](O)[C@H]4O)cc3OC[C@@H]21. The number of nitrogens with zero attached hydrogens (tertiary/aromatic N) is 1. The highest BCUT2D eigenvalue weighted by Gasteiger charge is 2.47. The third-order valence-corrected chi connectivity index (χ3v) is 8.97. The van der Waals surface area contributed by atoms with E-state index < -0.39 is 61.8 Å². The summed E-state index contributed by atoms with van der Waals surface area (Å²) in [6.07, 6.45) is -3.58. The van der Waals surface area contributed by atoms with Gasteiger partial charge in [0.25, 0.3) is 0 Å². The molecular formula is C34H36N2O14. The van der Waals surface area contributed by atoms with Gasteiger partial charge in [-0.05, 0) is 23.8 Å². The number of carbonyl (C=O) groups is 2. The maximum atomic E-state index is 11.8. The number of carbonyl (C=O) groups excluding carboxylic acids is 1. The Morgan fingerprint density at radius 2 is 1.92 bits per heavy atom. The van der Waals surface area contributed by atoms with E-state index in [1.807, 2.05) is 35.3 Å². The summed E-state index contributed by atoms with van der Waals surface area (Å²) in [6, 6.07) is 9.00. The Hall–Kier alpha value is -5.00. The van der Waals surface area contributed by atoms with Crippen LogP contribution in [0.3, 0.4) is 0 Å². The van der Waals surface area contributed by atoms with Gasteiger partial charge < -0.3 is 68.2 Å². The Balaban J connectivity index is 1.21. The van der Waals surface area contributed by atoms with Gasteiger partial charge in [-0.15, -0.1) is 0 Å². The average molecular weight is 697 g/mol. The molecule has 0 amide bonds. The normalized spacial score (nSPS) is 25.1. The fourth-order valence-corrected chi connectivity index (χ4v) is 6.63. The van der Waals surface area contributed by atoms with E-state index in [2.05, 4.69) is 4.98 Å². The van der Waals surface area contributed by atoms with E-state index in [4.69, 9.17) is 38.3 Å². The summed E-state index contributed by atoms with van der Waals surface area (Å²) < 4.78 is 43.0. The Labute approximate surface area is 284 Å². The molecule has 3 aliphatic rings. The van der Waals surface area contributed by atoms with Gasteiger partial charge in [-0.1, -0.05) is 6.07 Å². The van der Waals surface area contributed by atoms with Gasteiger partial charge in [0, 0.05) is 47.7 Å². The molecule has 16 nitrogen and oxygen atoms in total. The molecule has 0 radical (unpaired) electrons. The number of rotatable bonds is 12. The lowest BCUT2D eigenvalue weighted by Gasteiger charge is -2.40. The standard InChI is InChI=1S/C34H36N2O14/c1-44-22-3-2-19-20-14-46-23-9-18(48-34-30(43)29(42)28(41)24(49-34)15-47-26(40)10-25(38)39)8-17(12-36-11-16-4-5-35-21(16)13-36)27(23)31(20)50-32(19)33(22)45-7-6-37/h2-5,8-9,11,13,20,24,28-31,34-35,37,41-43H,6-7,10,12,14-15H2,1H3,(H,38,39)/t20-,24+,28+,29-,30+,31+,34+/m0/s1. The molecule has 0 aliphatic carbocycles. The number of esters is 1. The first-order valence-electron chi connectivity index (χ1n) is 15.9. The van der Waals surface area contributed by atoms with Crippen molar-refractivity contribution in [2.24, 2.45) is 0 Å². The molecular weight excluding hydrogens is 660 g/mol. The van der Waals surface area contributed by atoms with Crippen molar-refractivity contribution < 1.29 is 68.3 Å². The first-order chi connectivity index (χ1) is 24.1. The van der Waals surface area contributed by atoms with Crippen LogP contribution in [0.25, 0.3) is 10.9 Å². The van der Waals surface area contributed by atoms with Gasteiger partial charge in [-0.3, -0.25) is 9.59 Å². The van der Waals surface area contributed by atoms with E-state index in [9.17, 15) is 30.0 Å². The summed E-state index contributed by atoms with van der Waals surface area (Å²) in [5, 5.41) is 51.1. The van der Waals surface area contributed by atoms with Crippen LogP contribution in [0.4, 0.5) is 0 Å². The number of hydrogen-bond acceptors (Lipinski definition) is 13. The van der Waals surface area contributed by atoms with Gasteiger partial charge in [0.1, 0.15) is 61.7 Å². The number of aliphatic carboxylic acids is 1. The molecule has 50 heavy (non-hydrogen) atoms. The molecule has 3 aliphatic heterocycles. The quantitative estimate of drug-likeness (QED) is 0.0906. The minimum Gasteiger partial charge on any atom is -0.493 e. The highest BCUT2D eigenvalue weighted by atomic mass is 16.7. The molecule has 4 aromatic rings. The molecule has 266 valence electrons. The second-order valence-corrected chi connectivity index (χ2v) is 12.2. The first kappa shape index (κ1) is 33.5. The second kappa shape index (κ2) is 13.7. The van der Waals surface area contributed by atoms with E-state index in [0.29, 0.717) is 29.5 Å². The molecule has 7 atom stereocenters. The van der Waals surface area contributed by atoms with Crippen molar-refractivity contribution in [3.05, 3.63) is 65.6 Å². The molecule has 0 saturated carbocycles. The number of nitrogens with one attached hydrogen (secondary N) is 1. The Morgan fingerprint density at radius 1 is 1.08 bits per heavy atom. The number of fused-ring (bicyclic) bond motifs is 6. The molecule has 1 fully saturated rings. The largest absolute Gasteiger partial charge is 0.493 e. The van der Waals surface area contributed by atoms with E-state index in [1.165, 1.54) is 7.11 Å². The molecule has 5 heterocycles. The van der Waals surface area contributed by atoms with Crippen LogP contribution in [0.5, 0.6) is 28.7 Å². The van der Waals surface area contributed by atoms with Crippen LogP contribution in [0, 0.1) is 0 Å². The molecule has 0 unspecified atom stereocenters. The van der Waals surface area contributed by atoms with Crippen LogP contribution in [-0.4, -0.2) is 111 Å². The lowest BCUT2D eigenvalue weighted by atomic mass is 9.86. The number of aromatic amines is 1. The van der Waals surface area contributed by atoms with Crippen LogP contribution in [0.1, 0.15) is 35.1 Å². The average Bonchev–Trinajstić information content (AvgIpc) is 3.80. The molecule has 2 aromatic carbocycles. The van der Waals surface area contributed by atoms with Crippen molar-refractivity contribution >= 4 is 22.8 Å². The lowest BCUT2D eigenvalue weighted by Crippen LogP contribution is -2.60. The first-order valence-corrected chi connectivity index (χ1v) is 15.9. The predicted octanol–water partition coefficient (Wildman–Crippen LogP) is 1.21. The van der Waals surface area contributed by atoms with Gasteiger partial charge >= 0.3 is 11.9 Å². The molecule has 2 aromatic heterocycles. The highest BCUT2D eigenvalue weighted by molar-refractivity contribution is 5.90. The zero-order valence-corrected chi connectivity index (χ0v) is 26.8. The van der Waals surface area contributed by atoms with E-state index in [0.717, 1.165) is 27.6 Å². The van der Waals surface area contributed by atoms with Crippen molar-refractivity contribution in [2.45, 2.75) is 55.7 Å². The lowest BCUT2D eigenvalue weighted by molar-refractivity contribution is -0.278. The van der Waals surface area contributed by atoms with Gasteiger partial charge in [0.2, 0.25) is 12.0 Å². The third-order valence-electron chi connectivity index (χ3n) is 8.97. The minimum absolute atomic E-state index is 0.0394. The number of carboxylic acids is 1. The summed E-state index contributed by atoms with van der Waals surface area (Å²) in [5.74, 6) is -0.703. The van der Waals surface area contributed by atoms with Crippen LogP contribution < -0.4 is 23.7 Å². The number of carboxylic acid groups (broad SMARTS) is 1. The second-order valence-electron chi connectivity index (χ2n) is 12.2. The van der Waals surface area contributed by atoms with Crippen molar-refractivity contribution in [3.8, 4) is 28.7 Å². The zero-order valence-electron chi connectivity index (χ0n) is 26.8.